The Kier molecular flexibility index (Phi) is 4.88. The molecule has 0 unspecified atom stereocenters. The fourth-order valence-corrected chi connectivity index (χ4v) is 3.61. The van der Waals surface area contributed by atoms with Gasteiger partial charge in [-0.05, 0) is 33.7 Å². The summed E-state index contributed by atoms with van der Waals surface area (Å²) < 4.78 is 1.46. The highest BCUT2D eigenvalue weighted by Crippen LogP contribution is 2.25. The summed E-state index contributed by atoms with van der Waals surface area (Å²) in [5, 5.41) is 15.3. The first-order valence-electron chi connectivity index (χ1n) is 8.60. The van der Waals surface area contributed by atoms with E-state index in [4.69, 9.17) is 0 Å². The molecule has 9 heteroatoms. The highest BCUT2D eigenvalue weighted by Gasteiger charge is 2.15. The summed E-state index contributed by atoms with van der Waals surface area (Å²) in [6.45, 7) is 0.310. The lowest BCUT2D eigenvalue weighted by Crippen LogP contribution is -2.22. The van der Waals surface area contributed by atoms with Gasteiger partial charge in [-0.15, -0.1) is 0 Å². The molecule has 0 aliphatic rings. The normalized spacial score (nSPS) is 10.8. The molecule has 0 fully saturated rings. The van der Waals surface area contributed by atoms with Gasteiger partial charge in [0.1, 0.15) is 6.20 Å². The first kappa shape index (κ1) is 18.5. The van der Waals surface area contributed by atoms with Gasteiger partial charge in [0.15, 0.2) is 5.13 Å². The number of amides is 1. The maximum atomic E-state index is 12.5. The van der Waals surface area contributed by atoms with Gasteiger partial charge in [-0.2, -0.15) is 0 Å². The largest absolute Gasteiger partial charge is 0.345 e. The minimum atomic E-state index is -0.572. The molecule has 1 N–H and O–H groups in total. The Balaban J connectivity index is 1.61. The first-order valence-corrected chi connectivity index (χ1v) is 9.41. The summed E-state index contributed by atoms with van der Waals surface area (Å²) in [6.07, 6.45) is 2.56. The van der Waals surface area contributed by atoms with Gasteiger partial charge in [0.2, 0.25) is 0 Å². The lowest BCUT2D eigenvalue weighted by Gasteiger charge is -2.10. The Hall–Kier alpha value is -3.85. The maximum Gasteiger partial charge on any atom is 0.345 e. The molecule has 4 aromatic rings. The SMILES string of the molecule is O=C(Nc1ncc([N+](=O)[O-])s1)c1ccc(=O)n(Cc2cccc3ccccc23)c1. The second-order valence-electron chi connectivity index (χ2n) is 6.24. The third-order valence-electron chi connectivity index (χ3n) is 4.36. The molecule has 8 nitrogen and oxygen atoms in total. The van der Waals surface area contributed by atoms with Crippen molar-refractivity contribution in [1.82, 2.24) is 9.55 Å². The van der Waals surface area contributed by atoms with Crippen LogP contribution in [0.4, 0.5) is 10.1 Å². The molecule has 0 radical (unpaired) electrons. The molecule has 0 saturated carbocycles. The fraction of sp³-hybridized carbons (Fsp3) is 0.0500. The zero-order chi connectivity index (χ0) is 20.4. The van der Waals surface area contributed by atoms with Crippen LogP contribution in [0.5, 0.6) is 0 Å². The van der Waals surface area contributed by atoms with Gasteiger partial charge in [-0.1, -0.05) is 42.5 Å². The number of hydrogen-bond donors (Lipinski definition) is 1. The van der Waals surface area contributed by atoms with E-state index in [0.717, 1.165) is 33.9 Å². The van der Waals surface area contributed by atoms with Crippen molar-refractivity contribution in [2.45, 2.75) is 6.54 Å². The highest BCUT2D eigenvalue weighted by molar-refractivity contribution is 7.18. The van der Waals surface area contributed by atoms with E-state index in [9.17, 15) is 19.7 Å². The average molecular weight is 406 g/mol. The van der Waals surface area contributed by atoms with Crippen LogP contribution < -0.4 is 10.9 Å². The number of anilines is 1. The van der Waals surface area contributed by atoms with Crippen LogP contribution in [-0.2, 0) is 6.54 Å². The number of carbonyl (C=O) groups excluding carboxylic acids is 1. The van der Waals surface area contributed by atoms with E-state index in [0.29, 0.717) is 6.54 Å². The molecule has 29 heavy (non-hydrogen) atoms. The molecular formula is C20H14N4O4S. The van der Waals surface area contributed by atoms with Crippen molar-refractivity contribution in [1.29, 1.82) is 0 Å². The van der Waals surface area contributed by atoms with Crippen molar-refractivity contribution < 1.29 is 9.72 Å². The predicted molar refractivity (Wildman–Crippen MR) is 110 cm³/mol. The van der Waals surface area contributed by atoms with Gasteiger partial charge in [-0.25, -0.2) is 4.98 Å². The number of rotatable bonds is 5. The second-order valence-corrected chi connectivity index (χ2v) is 7.25. The minimum Gasteiger partial charge on any atom is -0.310 e. The zero-order valence-corrected chi connectivity index (χ0v) is 15.8. The molecular weight excluding hydrogens is 392 g/mol. The number of aromatic nitrogens is 2. The molecule has 2 heterocycles. The second kappa shape index (κ2) is 7.64. The smallest absolute Gasteiger partial charge is 0.310 e. The number of carbonyl (C=O) groups is 1. The molecule has 2 aromatic heterocycles. The van der Waals surface area contributed by atoms with E-state index < -0.39 is 10.8 Å². The standard InChI is InChI=1S/C20H14N4O4S/c25-17-9-8-15(19(26)22-20-21-10-18(29-20)24(27)28)12-23(17)11-14-6-3-5-13-4-1-2-7-16(13)14/h1-10,12H,11H2,(H,21,22,26). The predicted octanol–water partition coefficient (Wildman–Crippen LogP) is 3.67. The molecule has 144 valence electrons. The lowest BCUT2D eigenvalue weighted by atomic mass is 10.0. The van der Waals surface area contributed by atoms with Gasteiger partial charge in [-0.3, -0.25) is 25.0 Å². The van der Waals surface area contributed by atoms with E-state index in [1.165, 1.54) is 22.9 Å². The van der Waals surface area contributed by atoms with Crippen molar-refractivity contribution >= 4 is 38.1 Å². The molecule has 0 bridgehead atoms. The van der Waals surface area contributed by atoms with Crippen LogP contribution in [0.15, 0.2) is 71.8 Å². The van der Waals surface area contributed by atoms with Gasteiger partial charge in [0.05, 0.1) is 17.0 Å². The van der Waals surface area contributed by atoms with Crippen LogP contribution in [0.3, 0.4) is 0 Å². The number of benzene rings is 2. The van der Waals surface area contributed by atoms with Crippen LogP contribution in [0.1, 0.15) is 15.9 Å². The van der Waals surface area contributed by atoms with Gasteiger partial charge in [0.25, 0.3) is 11.5 Å². The summed E-state index contributed by atoms with van der Waals surface area (Å²) in [5.74, 6) is -0.499. The van der Waals surface area contributed by atoms with E-state index >= 15 is 0 Å². The number of thiazole rings is 1. The molecule has 0 saturated heterocycles. The number of hydrogen-bond acceptors (Lipinski definition) is 6. The number of pyridine rings is 1. The monoisotopic (exact) mass is 406 g/mol. The van der Waals surface area contributed by atoms with Gasteiger partial charge in [0, 0.05) is 12.3 Å². The van der Waals surface area contributed by atoms with Crippen molar-refractivity contribution in [3.8, 4) is 0 Å². The van der Waals surface area contributed by atoms with E-state index in [2.05, 4.69) is 10.3 Å². The van der Waals surface area contributed by atoms with Gasteiger partial charge >= 0.3 is 5.00 Å². The zero-order valence-electron chi connectivity index (χ0n) is 14.9. The summed E-state index contributed by atoms with van der Waals surface area (Å²) in [4.78, 5) is 38.8. The molecule has 1 amide bonds. The molecule has 0 atom stereocenters. The maximum absolute atomic E-state index is 12.5. The summed E-state index contributed by atoms with van der Waals surface area (Å²) in [6, 6.07) is 16.5. The Morgan fingerprint density at radius 1 is 1.14 bits per heavy atom. The minimum absolute atomic E-state index is 0.119. The summed E-state index contributed by atoms with van der Waals surface area (Å²) in [7, 11) is 0. The van der Waals surface area contributed by atoms with E-state index in [-0.39, 0.29) is 21.3 Å². The van der Waals surface area contributed by atoms with E-state index in [1.807, 2.05) is 42.5 Å². The van der Waals surface area contributed by atoms with Crippen LogP contribution in [0.2, 0.25) is 0 Å². The van der Waals surface area contributed by atoms with Crippen molar-refractivity contribution in [2.75, 3.05) is 5.32 Å². The molecule has 0 aliphatic heterocycles. The molecule has 0 aliphatic carbocycles. The Morgan fingerprint density at radius 3 is 2.72 bits per heavy atom. The number of fused-ring (bicyclic) bond motifs is 1. The Bertz CT molecular complexity index is 1290. The van der Waals surface area contributed by atoms with Crippen LogP contribution >= 0.6 is 11.3 Å². The third-order valence-corrected chi connectivity index (χ3v) is 5.22. The summed E-state index contributed by atoms with van der Waals surface area (Å²) >= 11 is 0.765. The highest BCUT2D eigenvalue weighted by atomic mass is 32.1. The van der Waals surface area contributed by atoms with Crippen molar-refractivity contribution in [3.05, 3.63) is 98.6 Å². The number of nitrogens with one attached hydrogen (secondary N) is 1. The third kappa shape index (κ3) is 3.90. The summed E-state index contributed by atoms with van der Waals surface area (Å²) in [5.41, 5.74) is 0.973. The van der Waals surface area contributed by atoms with Crippen LogP contribution in [0, 0.1) is 10.1 Å². The fourth-order valence-electron chi connectivity index (χ4n) is 2.98. The van der Waals surface area contributed by atoms with Crippen LogP contribution in [0.25, 0.3) is 10.8 Å². The molecule has 2 aromatic carbocycles. The number of nitrogens with zero attached hydrogens (tertiary/aromatic N) is 3. The lowest BCUT2D eigenvalue weighted by molar-refractivity contribution is -0.380. The first-order chi connectivity index (χ1) is 14.0. The average Bonchev–Trinajstić information content (AvgIpc) is 3.19. The van der Waals surface area contributed by atoms with Gasteiger partial charge < -0.3 is 4.57 Å². The van der Waals surface area contributed by atoms with Crippen LogP contribution in [-0.4, -0.2) is 20.4 Å². The van der Waals surface area contributed by atoms with Crippen molar-refractivity contribution in [3.63, 3.8) is 0 Å². The van der Waals surface area contributed by atoms with E-state index in [1.54, 1.807) is 0 Å². The molecule has 0 spiro atoms. The Morgan fingerprint density at radius 2 is 1.93 bits per heavy atom. The van der Waals surface area contributed by atoms with Crippen molar-refractivity contribution in [2.24, 2.45) is 0 Å². The molecule has 4 rings (SSSR count). The number of nitro groups is 1. The Labute approximate surface area is 168 Å². The quantitative estimate of drug-likeness (QED) is 0.402. The topological polar surface area (TPSA) is 107 Å².